The second-order valence-electron chi connectivity index (χ2n) is 4.97. The molecule has 0 amide bonds. The highest BCUT2D eigenvalue weighted by Crippen LogP contribution is 2.20. The Morgan fingerprint density at radius 1 is 0.938 bits per heavy atom. The molecule has 0 aliphatic heterocycles. The zero-order valence-corrected chi connectivity index (χ0v) is 12.9. The van der Waals surface area contributed by atoms with Gasteiger partial charge in [-0.15, -0.1) is 0 Å². The average Bonchev–Trinajstić information content (AvgIpc) is 2.29. The second kappa shape index (κ2) is 5.27. The van der Waals surface area contributed by atoms with Crippen molar-refractivity contribution < 1.29 is 8.85 Å². The predicted octanol–water partition coefficient (Wildman–Crippen LogP) is 2.51. The van der Waals surface area contributed by atoms with Gasteiger partial charge in [-0.05, 0) is 12.2 Å². The van der Waals surface area contributed by atoms with Crippen molar-refractivity contribution >= 4 is 21.8 Å². The van der Waals surface area contributed by atoms with Crippen molar-refractivity contribution in [1.82, 2.24) is 0 Å². The molecule has 0 aliphatic rings. The summed E-state index contributed by atoms with van der Waals surface area (Å²) in [6.07, 6.45) is 0. The molecule has 0 radical (unpaired) electrons. The molecule has 0 aliphatic carbocycles. The molecule has 16 heavy (non-hydrogen) atoms. The van der Waals surface area contributed by atoms with Gasteiger partial charge in [0, 0.05) is 14.2 Å². The third-order valence-corrected chi connectivity index (χ3v) is 12.9. The summed E-state index contributed by atoms with van der Waals surface area (Å²) in [4.78, 5) is 0. The third kappa shape index (κ3) is 3.28. The van der Waals surface area contributed by atoms with Crippen molar-refractivity contribution in [1.29, 1.82) is 0 Å². The van der Waals surface area contributed by atoms with Crippen LogP contribution in [-0.2, 0) is 8.85 Å². The summed E-state index contributed by atoms with van der Waals surface area (Å²) in [6.45, 7) is 6.90. The Balaban J connectivity index is 2.87. The Hall–Kier alpha value is -0.426. The van der Waals surface area contributed by atoms with Gasteiger partial charge in [0.2, 0.25) is 0 Å². The fraction of sp³-hybridized carbons (Fsp3) is 0.500. The minimum atomic E-state index is -1.95. The highest BCUT2D eigenvalue weighted by molar-refractivity contribution is 6.98. The first kappa shape index (κ1) is 13.6. The van der Waals surface area contributed by atoms with Gasteiger partial charge in [-0.1, -0.05) is 48.6 Å². The molecule has 0 heterocycles. The first-order chi connectivity index (χ1) is 7.43. The van der Waals surface area contributed by atoms with E-state index in [4.69, 9.17) is 8.85 Å². The fourth-order valence-corrected chi connectivity index (χ4v) is 11.7. The van der Waals surface area contributed by atoms with Gasteiger partial charge in [0.1, 0.15) is 0 Å². The van der Waals surface area contributed by atoms with E-state index in [9.17, 15) is 0 Å². The first-order valence-electron chi connectivity index (χ1n) is 5.59. The van der Waals surface area contributed by atoms with Crippen molar-refractivity contribution in [3.63, 3.8) is 0 Å². The third-order valence-electron chi connectivity index (χ3n) is 3.18. The van der Waals surface area contributed by atoms with Crippen molar-refractivity contribution in [2.75, 3.05) is 14.2 Å². The summed E-state index contributed by atoms with van der Waals surface area (Å²) in [5.74, 6) is 0. The van der Waals surface area contributed by atoms with E-state index in [1.807, 2.05) is 0 Å². The van der Waals surface area contributed by atoms with Gasteiger partial charge >= 0.3 is 8.56 Å². The molecule has 0 bridgehead atoms. The summed E-state index contributed by atoms with van der Waals surface area (Å²) in [5, 5.41) is 1.47. The van der Waals surface area contributed by atoms with Crippen LogP contribution < -0.4 is 5.19 Å². The largest absolute Gasteiger partial charge is 0.398 e. The summed E-state index contributed by atoms with van der Waals surface area (Å²) in [5.41, 5.74) is 1.09. The molecule has 90 valence electrons. The minimum Gasteiger partial charge on any atom is -0.398 e. The monoisotopic (exact) mass is 254 g/mol. The summed E-state index contributed by atoms with van der Waals surface area (Å²) < 4.78 is 11.2. The number of benzene rings is 1. The van der Waals surface area contributed by atoms with Crippen LogP contribution in [0.3, 0.4) is 0 Å². The van der Waals surface area contributed by atoms with Crippen LogP contribution in [0.5, 0.6) is 0 Å². The lowest BCUT2D eigenvalue weighted by molar-refractivity contribution is 0.255. The van der Waals surface area contributed by atoms with E-state index in [0.717, 1.165) is 5.67 Å². The lowest BCUT2D eigenvalue weighted by Crippen LogP contribution is -2.51. The van der Waals surface area contributed by atoms with Crippen molar-refractivity contribution in [3.05, 3.63) is 30.3 Å². The fourth-order valence-electron chi connectivity index (χ4n) is 2.02. The van der Waals surface area contributed by atoms with Gasteiger partial charge in [-0.25, -0.2) is 0 Å². The Labute approximate surface area is 101 Å². The van der Waals surface area contributed by atoms with Crippen LogP contribution in [-0.4, -0.2) is 30.9 Å². The molecule has 0 atom stereocenters. The molecule has 1 rings (SSSR count). The molecular weight excluding hydrogens is 232 g/mol. The van der Waals surface area contributed by atoms with Gasteiger partial charge < -0.3 is 8.85 Å². The predicted molar refractivity (Wildman–Crippen MR) is 74.0 cm³/mol. The van der Waals surface area contributed by atoms with E-state index in [-0.39, 0.29) is 0 Å². The molecule has 0 N–H and O–H groups in total. The molecule has 1 aromatic rings. The van der Waals surface area contributed by atoms with Crippen molar-refractivity contribution in [2.24, 2.45) is 0 Å². The van der Waals surface area contributed by atoms with E-state index in [0.29, 0.717) is 0 Å². The number of hydrogen-bond acceptors (Lipinski definition) is 2. The molecule has 0 saturated heterocycles. The topological polar surface area (TPSA) is 18.5 Å². The van der Waals surface area contributed by atoms with Crippen LogP contribution in [0.2, 0.25) is 25.3 Å². The summed E-state index contributed by atoms with van der Waals surface area (Å²) in [7, 11) is 0.139. The molecule has 4 heteroatoms. The van der Waals surface area contributed by atoms with Gasteiger partial charge in [-0.2, -0.15) is 0 Å². The Kier molecular flexibility index (Phi) is 4.49. The van der Waals surface area contributed by atoms with E-state index >= 15 is 0 Å². The smallest absolute Gasteiger partial charge is 0.331 e. The van der Waals surface area contributed by atoms with Crippen LogP contribution in [0, 0.1) is 0 Å². The van der Waals surface area contributed by atoms with E-state index < -0.39 is 16.6 Å². The van der Waals surface area contributed by atoms with Gasteiger partial charge in [0.25, 0.3) is 0 Å². The molecule has 1 aromatic carbocycles. The molecule has 0 fully saturated rings. The minimum absolute atomic E-state index is 1.09. The molecular formula is C12H22O2Si2. The van der Waals surface area contributed by atoms with Gasteiger partial charge in [0.15, 0.2) is 0 Å². The van der Waals surface area contributed by atoms with Crippen molar-refractivity contribution in [2.45, 2.75) is 25.3 Å². The highest BCUT2D eigenvalue weighted by Gasteiger charge is 2.38. The van der Waals surface area contributed by atoms with Crippen molar-refractivity contribution in [3.8, 4) is 0 Å². The first-order valence-corrected chi connectivity index (χ1v) is 11.3. The van der Waals surface area contributed by atoms with E-state index in [1.54, 1.807) is 14.2 Å². The summed E-state index contributed by atoms with van der Waals surface area (Å²) in [6, 6.07) is 10.8. The van der Waals surface area contributed by atoms with Crippen LogP contribution in [0.4, 0.5) is 0 Å². The number of rotatable bonds is 5. The number of hydrogen-bond donors (Lipinski definition) is 0. The normalized spacial score (nSPS) is 12.8. The van der Waals surface area contributed by atoms with Gasteiger partial charge in [0.05, 0.1) is 8.07 Å². The van der Waals surface area contributed by atoms with E-state index in [1.165, 1.54) is 5.19 Å². The summed E-state index contributed by atoms with van der Waals surface area (Å²) >= 11 is 0. The molecule has 0 saturated carbocycles. The maximum Gasteiger partial charge on any atom is 0.331 e. The quantitative estimate of drug-likeness (QED) is 0.752. The van der Waals surface area contributed by atoms with Crippen LogP contribution >= 0.6 is 0 Å². The van der Waals surface area contributed by atoms with Gasteiger partial charge in [-0.3, -0.25) is 0 Å². The second-order valence-corrected chi connectivity index (χ2v) is 13.8. The molecule has 0 unspecified atom stereocenters. The Bertz CT molecular complexity index is 321. The van der Waals surface area contributed by atoms with Crippen LogP contribution in [0.25, 0.3) is 0 Å². The SMILES string of the molecule is CO[Si](C)(C[Si](C)(C)c1ccccc1)OC. The Morgan fingerprint density at radius 2 is 1.44 bits per heavy atom. The lowest BCUT2D eigenvalue weighted by Gasteiger charge is -2.32. The standard InChI is InChI=1S/C12H22O2Si2/c1-13-16(5,14-2)11-15(3,4)12-9-7-6-8-10-12/h6-10H,11H2,1-5H3. The van der Waals surface area contributed by atoms with Crippen LogP contribution in [0.1, 0.15) is 0 Å². The lowest BCUT2D eigenvalue weighted by atomic mass is 10.4. The Morgan fingerprint density at radius 3 is 1.88 bits per heavy atom. The average molecular weight is 254 g/mol. The maximum atomic E-state index is 5.60. The molecule has 0 spiro atoms. The molecule has 2 nitrogen and oxygen atoms in total. The van der Waals surface area contributed by atoms with Crippen LogP contribution in [0.15, 0.2) is 30.3 Å². The molecule has 0 aromatic heterocycles. The zero-order valence-electron chi connectivity index (χ0n) is 10.9. The highest BCUT2D eigenvalue weighted by atomic mass is 28.4. The zero-order chi connectivity index (χ0) is 12.2. The maximum absolute atomic E-state index is 5.60. The van der Waals surface area contributed by atoms with E-state index in [2.05, 4.69) is 50.0 Å².